The van der Waals surface area contributed by atoms with Crippen LogP contribution in [0.25, 0.3) is 0 Å². The van der Waals surface area contributed by atoms with Crippen molar-refractivity contribution in [3.8, 4) is 0 Å². The zero-order valence-corrected chi connectivity index (χ0v) is 28.5. The Morgan fingerprint density at radius 1 is 0.761 bits per heavy atom. The number of benzene rings is 4. The summed E-state index contributed by atoms with van der Waals surface area (Å²) in [6.07, 6.45) is 1.000. The van der Waals surface area contributed by atoms with Gasteiger partial charge in [0.2, 0.25) is 11.8 Å². The van der Waals surface area contributed by atoms with Crippen molar-refractivity contribution < 1.29 is 18.0 Å². The predicted molar refractivity (Wildman–Crippen MR) is 185 cm³/mol. The third kappa shape index (κ3) is 8.63. The summed E-state index contributed by atoms with van der Waals surface area (Å²) >= 11 is 0. The minimum Gasteiger partial charge on any atom is -0.352 e. The molecule has 0 bridgehead atoms. The lowest BCUT2D eigenvalue weighted by Crippen LogP contribution is -2.54. The average molecular weight is 640 g/mol. The van der Waals surface area contributed by atoms with E-state index in [1.54, 1.807) is 30.3 Å². The number of amides is 2. The van der Waals surface area contributed by atoms with Gasteiger partial charge in [-0.25, -0.2) is 8.42 Å². The minimum atomic E-state index is -4.16. The topological polar surface area (TPSA) is 86.8 Å². The Morgan fingerprint density at radius 3 is 1.96 bits per heavy atom. The molecule has 242 valence electrons. The van der Waals surface area contributed by atoms with Gasteiger partial charge in [-0.3, -0.25) is 13.9 Å². The number of carbonyl (C=O) groups excluding carboxylic acids is 2. The standard InChI is InChI=1S/C38H45N3O4S/c1-7-31(6)39-38(43)36(24-32-11-9-8-10-12-32)40(25-33-19-14-27(2)15-20-33)37(42)26-41(35-23-29(4)13-18-30(35)5)46(44,45)34-21-16-28(3)17-22-34/h8-23,31,36H,7,24-26H2,1-6H3,(H,39,43)/t31-,36-/m0/s1. The maximum absolute atomic E-state index is 14.7. The van der Waals surface area contributed by atoms with Crippen molar-refractivity contribution in [2.24, 2.45) is 0 Å². The fraction of sp³-hybridized carbons (Fsp3) is 0.316. The minimum absolute atomic E-state index is 0.0900. The molecule has 2 amide bonds. The van der Waals surface area contributed by atoms with E-state index < -0.39 is 28.5 Å². The largest absolute Gasteiger partial charge is 0.352 e. The fourth-order valence-electron chi connectivity index (χ4n) is 5.22. The Bertz CT molecular complexity index is 1740. The first-order valence-electron chi connectivity index (χ1n) is 15.7. The SMILES string of the molecule is CC[C@H](C)NC(=O)[C@H](Cc1ccccc1)N(Cc1ccc(C)cc1)C(=O)CN(c1cc(C)ccc1C)S(=O)(=O)c1ccc(C)cc1. The van der Waals surface area contributed by atoms with Crippen LogP contribution in [0.4, 0.5) is 5.69 Å². The van der Waals surface area contributed by atoms with E-state index in [-0.39, 0.29) is 29.8 Å². The first-order valence-corrected chi connectivity index (χ1v) is 17.2. The van der Waals surface area contributed by atoms with E-state index in [0.717, 1.165) is 39.8 Å². The highest BCUT2D eigenvalue weighted by molar-refractivity contribution is 7.92. The molecule has 0 aliphatic heterocycles. The van der Waals surface area contributed by atoms with Crippen LogP contribution in [0.2, 0.25) is 0 Å². The number of hydrogen-bond acceptors (Lipinski definition) is 4. The van der Waals surface area contributed by atoms with Crippen molar-refractivity contribution in [2.75, 3.05) is 10.8 Å². The molecule has 0 saturated carbocycles. The summed E-state index contributed by atoms with van der Waals surface area (Å²) in [6.45, 7) is 11.2. The summed E-state index contributed by atoms with van der Waals surface area (Å²) < 4.78 is 29.8. The smallest absolute Gasteiger partial charge is 0.264 e. The van der Waals surface area contributed by atoms with Crippen molar-refractivity contribution >= 4 is 27.5 Å². The molecule has 0 heterocycles. The molecule has 4 aromatic rings. The second-order valence-electron chi connectivity index (χ2n) is 12.1. The van der Waals surface area contributed by atoms with Gasteiger partial charge in [0.1, 0.15) is 12.6 Å². The quantitative estimate of drug-likeness (QED) is 0.177. The molecule has 0 aromatic heterocycles. The first-order chi connectivity index (χ1) is 21.9. The number of anilines is 1. The third-order valence-corrected chi connectivity index (χ3v) is 10.0. The van der Waals surface area contributed by atoms with Crippen molar-refractivity contribution in [3.05, 3.63) is 130 Å². The molecule has 0 radical (unpaired) electrons. The van der Waals surface area contributed by atoms with Gasteiger partial charge in [0.25, 0.3) is 10.0 Å². The van der Waals surface area contributed by atoms with Gasteiger partial charge in [-0.1, -0.05) is 96.9 Å². The second kappa shape index (κ2) is 15.2. The Balaban J connectivity index is 1.83. The summed E-state index contributed by atoms with van der Waals surface area (Å²) in [5.74, 6) is -0.754. The summed E-state index contributed by atoms with van der Waals surface area (Å²) in [4.78, 5) is 30.3. The van der Waals surface area contributed by atoms with Gasteiger partial charge in [0.05, 0.1) is 10.6 Å². The summed E-state index contributed by atoms with van der Waals surface area (Å²) in [7, 11) is -4.16. The van der Waals surface area contributed by atoms with E-state index >= 15 is 0 Å². The molecule has 0 saturated heterocycles. The van der Waals surface area contributed by atoms with Crippen molar-refractivity contribution in [3.63, 3.8) is 0 Å². The fourth-order valence-corrected chi connectivity index (χ4v) is 6.69. The van der Waals surface area contributed by atoms with Crippen LogP contribution >= 0.6 is 0 Å². The molecule has 0 aliphatic carbocycles. The van der Waals surface area contributed by atoms with Crippen LogP contribution in [0.1, 0.15) is 53.6 Å². The van der Waals surface area contributed by atoms with Crippen LogP contribution in [-0.4, -0.2) is 43.8 Å². The van der Waals surface area contributed by atoms with E-state index in [9.17, 15) is 18.0 Å². The number of sulfonamides is 1. The highest BCUT2D eigenvalue weighted by Gasteiger charge is 2.35. The van der Waals surface area contributed by atoms with Gasteiger partial charge in [-0.05, 0) is 81.5 Å². The Labute approximate surface area is 274 Å². The maximum Gasteiger partial charge on any atom is 0.264 e. The summed E-state index contributed by atoms with van der Waals surface area (Å²) in [6, 6.07) is 28.6. The number of nitrogens with one attached hydrogen (secondary N) is 1. The van der Waals surface area contributed by atoms with E-state index in [2.05, 4.69) is 5.32 Å². The number of carbonyl (C=O) groups is 2. The Kier molecular flexibility index (Phi) is 11.4. The number of aryl methyl sites for hydroxylation is 4. The molecule has 4 rings (SSSR count). The van der Waals surface area contributed by atoms with Crippen molar-refractivity contribution in [1.29, 1.82) is 0 Å². The van der Waals surface area contributed by atoms with E-state index in [1.807, 2.05) is 108 Å². The summed E-state index contributed by atoms with van der Waals surface area (Å²) in [5, 5.41) is 3.08. The molecule has 0 spiro atoms. The van der Waals surface area contributed by atoms with Crippen molar-refractivity contribution in [2.45, 2.75) is 77.9 Å². The highest BCUT2D eigenvalue weighted by atomic mass is 32.2. The van der Waals surface area contributed by atoms with Gasteiger partial charge >= 0.3 is 0 Å². The molecule has 46 heavy (non-hydrogen) atoms. The molecule has 2 atom stereocenters. The van der Waals surface area contributed by atoms with E-state index in [4.69, 9.17) is 0 Å². The molecule has 8 heteroatoms. The molecule has 0 aliphatic rings. The van der Waals surface area contributed by atoms with Crippen molar-refractivity contribution in [1.82, 2.24) is 10.2 Å². The second-order valence-corrected chi connectivity index (χ2v) is 14.0. The zero-order chi connectivity index (χ0) is 33.4. The number of hydrogen-bond donors (Lipinski definition) is 1. The lowest BCUT2D eigenvalue weighted by atomic mass is 10.0. The maximum atomic E-state index is 14.7. The molecule has 0 unspecified atom stereocenters. The normalized spacial score (nSPS) is 12.7. The molecule has 7 nitrogen and oxygen atoms in total. The molecule has 0 fully saturated rings. The predicted octanol–water partition coefficient (Wildman–Crippen LogP) is 6.67. The first kappa shape index (κ1) is 34.4. The summed E-state index contributed by atoms with van der Waals surface area (Å²) in [5.41, 5.74) is 5.74. The van der Waals surface area contributed by atoms with Gasteiger partial charge < -0.3 is 10.2 Å². The lowest BCUT2D eigenvalue weighted by Gasteiger charge is -2.34. The molecular formula is C38H45N3O4S. The Hall–Kier alpha value is -4.43. The lowest BCUT2D eigenvalue weighted by molar-refractivity contribution is -0.140. The van der Waals surface area contributed by atoms with Gasteiger partial charge in [-0.2, -0.15) is 0 Å². The van der Waals surface area contributed by atoms with E-state index in [1.165, 1.54) is 9.21 Å². The van der Waals surface area contributed by atoms with Crippen LogP contribution < -0.4 is 9.62 Å². The Morgan fingerprint density at radius 2 is 1.35 bits per heavy atom. The number of nitrogens with zero attached hydrogens (tertiary/aromatic N) is 2. The van der Waals surface area contributed by atoms with Crippen LogP contribution in [0.15, 0.2) is 102 Å². The molecule has 1 N–H and O–H groups in total. The van der Waals surface area contributed by atoms with E-state index in [0.29, 0.717) is 5.69 Å². The van der Waals surface area contributed by atoms with Crippen LogP contribution in [-0.2, 0) is 32.6 Å². The highest BCUT2D eigenvalue weighted by Crippen LogP contribution is 2.29. The average Bonchev–Trinajstić information content (AvgIpc) is 3.04. The zero-order valence-electron chi connectivity index (χ0n) is 27.7. The third-order valence-electron chi connectivity index (χ3n) is 8.27. The number of rotatable bonds is 13. The van der Waals surface area contributed by atoms with Gasteiger partial charge in [0.15, 0.2) is 0 Å². The molecule has 4 aromatic carbocycles. The van der Waals surface area contributed by atoms with Crippen LogP contribution in [0.3, 0.4) is 0 Å². The van der Waals surface area contributed by atoms with Crippen LogP contribution in [0.5, 0.6) is 0 Å². The van der Waals surface area contributed by atoms with Gasteiger partial charge in [0, 0.05) is 19.0 Å². The van der Waals surface area contributed by atoms with Gasteiger partial charge in [-0.15, -0.1) is 0 Å². The monoisotopic (exact) mass is 639 g/mol. The molecular weight excluding hydrogens is 595 g/mol. The van der Waals surface area contributed by atoms with Crippen LogP contribution in [0, 0.1) is 27.7 Å².